The van der Waals surface area contributed by atoms with E-state index in [1.807, 2.05) is 59.5 Å². The molecular weight excluding hydrogens is 392 g/mol. The highest BCUT2D eigenvalue weighted by Gasteiger charge is 2.23. The van der Waals surface area contributed by atoms with Gasteiger partial charge in [0.15, 0.2) is 0 Å². The molecule has 0 aliphatic carbocycles. The number of rotatable bonds is 4. The van der Waals surface area contributed by atoms with Crippen LogP contribution in [0, 0.1) is 0 Å². The number of hydrogen-bond donors (Lipinski definition) is 0. The zero-order chi connectivity index (χ0) is 19.3. The number of pyridine rings is 2. The van der Waals surface area contributed by atoms with Crippen LogP contribution in [0.25, 0.3) is 0 Å². The van der Waals surface area contributed by atoms with Crippen molar-refractivity contribution in [2.45, 2.75) is 9.92 Å². The highest BCUT2D eigenvalue weighted by molar-refractivity contribution is 7.99. The number of piperazine rings is 1. The van der Waals surface area contributed by atoms with Crippen molar-refractivity contribution in [3.8, 4) is 0 Å². The van der Waals surface area contributed by atoms with Gasteiger partial charge in [0.05, 0.1) is 5.02 Å². The lowest BCUT2D eigenvalue weighted by Crippen LogP contribution is -2.49. The first kappa shape index (κ1) is 18.8. The maximum absolute atomic E-state index is 12.8. The van der Waals surface area contributed by atoms with E-state index in [0.717, 1.165) is 28.8 Å². The van der Waals surface area contributed by atoms with E-state index in [1.165, 1.54) is 0 Å². The lowest BCUT2D eigenvalue weighted by atomic mass is 10.2. The Morgan fingerprint density at radius 3 is 2.32 bits per heavy atom. The Balaban J connectivity index is 1.37. The average molecular weight is 411 g/mol. The molecule has 3 aromatic rings. The summed E-state index contributed by atoms with van der Waals surface area (Å²) in [6.45, 7) is 2.73. The minimum Gasteiger partial charge on any atom is -0.352 e. The fourth-order valence-electron chi connectivity index (χ4n) is 3.11. The van der Waals surface area contributed by atoms with Gasteiger partial charge in [-0.3, -0.25) is 4.79 Å². The first-order valence-electron chi connectivity index (χ1n) is 9.04. The quantitative estimate of drug-likeness (QED) is 0.643. The van der Waals surface area contributed by atoms with Crippen LogP contribution < -0.4 is 4.90 Å². The first-order chi connectivity index (χ1) is 13.7. The Labute approximate surface area is 173 Å². The standard InChI is InChI=1S/C21H19ClN4OS/c22-18-4-3-11-24-20(18)25-12-14-26(15-13-25)21(27)16-6-8-17(9-7-16)28-19-5-1-2-10-23-19/h1-11H,12-15H2. The number of anilines is 1. The van der Waals surface area contributed by atoms with E-state index in [1.54, 1.807) is 24.2 Å². The van der Waals surface area contributed by atoms with Crippen LogP contribution in [0.5, 0.6) is 0 Å². The van der Waals surface area contributed by atoms with Gasteiger partial charge in [-0.15, -0.1) is 0 Å². The van der Waals surface area contributed by atoms with Crippen LogP contribution in [0.15, 0.2) is 76.9 Å². The van der Waals surface area contributed by atoms with Gasteiger partial charge < -0.3 is 9.80 Å². The van der Waals surface area contributed by atoms with E-state index in [2.05, 4.69) is 14.9 Å². The maximum Gasteiger partial charge on any atom is 0.253 e. The molecule has 1 aliphatic rings. The topological polar surface area (TPSA) is 49.3 Å². The molecule has 0 unspecified atom stereocenters. The van der Waals surface area contributed by atoms with E-state index >= 15 is 0 Å². The van der Waals surface area contributed by atoms with Crippen molar-refractivity contribution < 1.29 is 4.79 Å². The molecule has 1 fully saturated rings. The normalized spacial score (nSPS) is 14.2. The third-order valence-corrected chi connectivity index (χ3v) is 5.82. The van der Waals surface area contributed by atoms with E-state index < -0.39 is 0 Å². The number of halogens is 1. The Bertz CT molecular complexity index is 944. The molecule has 0 radical (unpaired) electrons. The minimum atomic E-state index is 0.0566. The molecule has 1 amide bonds. The van der Waals surface area contributed by atoms with Crippen LogP contribution in [0.2, 0.25) is 5.02 Å². The predicted octanol–water partition coefficient (Wildman–Crippen LogP) is 4.24. The van der Waals surface area contributed by atoms with E-state index in [4.69, 9.17) is 11.6 Å². The molecule has 4 rings (SSSR count). The summed E-state index contributed by atoms with van der Waals surface area (Å²) in [7, 11) is 0. The number of hydrogen-bond acceptors (Lipinski definition) is 5. The Morgan fingerprint density at radius 1 is 0.893 bits per heavy atom. The third-order valence-electron chi connectivity index (χ3n) is 4.57. The number of amides is 1. The summed E-state index contributed by atoms with van der Waals surface area (Å²) in [6.07, 6.45) is 3.52. The van der Waals surface area contributed by atoms with Crippen LogP contribution in [0.3, 0.4) is 0 Å². The minimum absolute atomic E-state index is 0.0566. The van der Waals surface area contributed by atoms with E-state index in [9.17, 15) is 4.79 Å². The summed E-state index contributed by atoms with van der Waals surface area (Å²) in [4.78, 5) is 26.6. The molecule has 28 heavy (non-hydrogen) atoms. The van der Waals surface area contributed by atoms with Crippen molar-refractivity contribution >= 4 is 35.1 Å². The second kappa shape index (κ2) is 8.63. The Morgan fingerprint density at radius 2 is 1.64 bits per heavy atom. The summed E-state index contributed by atoms with van der Waals surface area (Å²) >= 11 is 7.81. The molecular formula is C21H19ClN4OS. The maximum atomic E-state index is 12.8. The molecule has 3 heterocycles. The smallest absolute Gasteiger partial charge is 0.253 e. The molecule has 5 nitrogen and oxygen atoms in total. The summed E-state index contributed by atoms with van der Waals surface area (Å²) in [5.74, 6) is 0.841. The molecule has 7 heteroatoms. The fourth-order valence-corrected chi connectivity index (χ4v) is 4.12. The molecule has 2 aromatic heterocycles. The van der Waals surface area contributed by atoms with Gasteiger partial charge in [0.25, 0.3) is 5.91 Å². The van der Waals surface area contributed by atoms with E-state index in [-0.39, 0.29) is 5.91 Å². The highest BCUT2D eigenvalue weighted by Crippen LogP contribution is 2.26. The largest absolute Gasteiger partial charge is 0.352 e. The van der Waals surface area contributed by atoms with Crippen LogP contribution in [-0.4, -0.2) is 47.0 Å². The number of carbonyl (C=O) groups excluding carboxylic acids is 1. The molecule has 1 aromatic carbocycles. The molecule has 142 valence electrons. The Hall–Kier alpha value is -2.57. The van der Waals surface area contributed by atoms with Crippen molar-refractivity contribution in [3.63, 3.8) is 0 Å². The van der Waals surface area contributed by atoms with Crippen LogP contribution in [0.4, 0.5) is 5.82 Å². The number of carbonyl (C=O) groups is 1. The molecule has 0 N–H and O–H groups in total. The predicted molar refractivity (Wildman–Crippen MR) is 112 cm³/mol. The van der Waals surface area contributed by atoms with Gasteiger partial charge in [-0.2, -0.15) is 0 Å². The summed E-state index contributed by atoms with van der Waals surface area (Å²) in [6, 6.07) is 17.2. The lowest BCUT2D eigenvalue weighted by Gasteiger charge is -2.35. The number of aromatic nitrogens is 2. The second-order valence-electron chi connectivity index (χ2n) is 6.38. The fraction of sp³-hybridized carbons (Fsp3) is 0.190. The first-order valence-corrected chi connectivity index (χ1v) is 10.2. The van der Waals surface area contributed by atoms with Gasteiger partial charge in [0.2, 0.25) is 0 Å². The monoisotopic (exact) mass is 410 g/mol. The van der Waals surface area contributed by atoms with Crippen LogP contribution >= 0.6 is 23.4 Å². The molecule has 0 saturated carbocycles. The van der Waals surface area contributed by atoms with Gasteiger partial charge in [0.1, 0.15) is 10.8 Å². The molecule has 0 spiro atoms. The Kier molecular flexibility index (Phi) is 5.78. The SMILES string of the molecule is O=C(c1ccc(Sc2ccccn2)cc1)N1CCN(c2ncccc2Cl)CC1. The number of nitrogens with zero attached hydrogens (tertiary/aromatic N) is 4. The van der Waals surface area contributed by atoms with Gasteiger partial charge >= 0.3 is 0 Å². The summed E-state index contributed by atoms with van der Waals surface area (Å²) < 4.78 is 0. The van der Waals surface area contributed by atoms with E-state index in [0.29, 0.717) is 23.7 Å². The zero-order valence-corrected chi connectivity index (χ0v) is 16.7. The molecule has 0 bridgehead atoms. The number of benzene rings is 1. The average Bonchev–Trinajstić information content (AvgIpc) is 2.75. The van der Waals surface area contributed by atoms with Crippen LogP contribution in [0.1, 0.15) is 10.4 Å². The molecule has 0 atom stereocenters. The van der Waals surface area contributed by atoms with Crippen molar-refractivity contribution in [1.82, 2.24) is 14.9 Å². The van der Waals surface area contributed by atoms with Gasteiger partial charge in [-0.25, -0.2) is 9.97 Å². The summed E-state index contributed by atoms with van der Waals surface area (Å²) in [5, 5.41) is 1.58. The van der Waals surface area contributed by atoms with Crippen molar-refractivity contribution in [1.29, 1.82) is 0 Å². The second-order valence-corrected chi connectivity index (χ2v) is 7.88. The lowest BCUT2D eigenvalue weighted by molar-refractivity contribution is 0.0746. The van der Waals surface area contributed by atoms with Crippen molar-refractivity contribution in [2.75, 3.05) is 31.1 Å². The van der Waals surface area contributed by atoms with Gasteiger partial charge in [0, 0.05) is 49.0 Å². The summed E-state index contributed by atoms with van der Waals surface area (Å²) in [5.41, 5.74) is 0.703. The highest BCUT2D eigenvalue weighted by atomic mass is 35.5. The van der Waals surface area contributed by atoms with Gasteiger partial charge in [-0.05, 0) is 48.5 Å². The molecule has 1 saturated heterocycles. The third kappa shape index (κ3) is 4.29. The zero-order valence-electron chi connectivity index (χ0n) is 15.2. The van der Waals surface area contributed by atoms with Gasteiger partial charge in [-0.1, -0.05) is 29.4 Å². The van der Waals surface area contributed by atoms with Crippen molar-refractivity contribution in [3.05, 3.63) is 77.6 Å². The van der Waals surface area contributed by atoms with Crippen molar-refractivity contribution in [2.24, 2.45) is 0 Å². The molecule has 1 aliphatic heterocycles. The van der Waals surface area contributed by atoms with Crippen LogP contribution in [-0.2, 0) is 0 Å².